The zero-order valence-corrected chi connectivity index (χ0v) is 19.1. The van der Waals surface area contributed by atoms with E-state index < -0.39 is 31.1 Å². The van der Waals surface area contributed by atoms with Gasteiger partial charge in [0.2, 0.25) is 0 Å². The van der Waals surface area contributed by atoms with Gasteiger partial charge in [0.1, 0.15) is 6.54 Å². The Morgan fingerprint density at radius 3 is 1.85 bits per heavy atom. The number of sulfonamides is 2. The molecule has 0 fully saturated rings. The quantitative estimate of drug-likeness (QED) is 0.160. The summed E-state index contributed by atoms with van der Waals surface area (Å²) in [5.74, 6) is -0.344. The first-order valence-corrected chi connectivity index (χ1v) is 11.6. The zero-order valence-electron chi connectivity index (χ0n) is 17.4. The van der Waals surface area contributed by atoms with Crippen molar-refractivity contribution < 1.29 is 57.2 Å². The van der Waals surface area contributed by atoms with Gasteiger partial charge in [-0.2, -0.15) is 26.3 Å². The van der Waals surface area contributed by atoms with Crippen LogP contribution in [-0.4, -0.2) is 65.6 Å². The summed E-state index contributed by atoms with van der Waals surface area (Å²) < 4.78 is 115. The topological polar surface area (TPSA) is 109 Å². The highest BCUT2D eigenvalue weighted by atomic mass is 32.3. The minimum atomic E-state index is -6.72. The van der Waals surface area contributed by atoms with Gasteiger partial charge in [-0.25, -0.2) is 21.6 Å². The summed E-state index contributed by atoms with van der Waals surface area (Å²) in [5.41, 5.74) is -11.1. The van der Waals surface area contributed by atoms with Crippen molar-refractivity contribution in [2.45, 2.75) is 24.0 Å². The Kier molecular flexibility index (Phi) is 11.0. The van der Waals surface area contributed by atoms with Gasteiger partial charge in [0.15, 0.2) is 20.0 Å². The van der Waals surface area contributed by atoms with Crippen molar-refractivity contribution in [3.8, 4) is 0 Å². The van der Waals surface area contributed by atoms with E-state index in [0.29, 0.717) is 6.61 Å². The number of carbonyl (C=O) groups is 1. The lowest BCUT2D eigenvalue weighted by atomic mass is 10.2. The third kappa shape index (κ3) is 11.5. The Labute approximate surface area is 187 Å². The van der Waals surface area contributed by atoms with Crippen molar-refractivity contribution in [2.24, 2.45) is 0 Å². The summed E-state index contributed by atoms with van der Waals surface area (Å²) in [6.07, 6.45) is 2.06. The number of ether oxygens (including phenoxy) is 1. The van der Waals surface area contributed by atoms with E-state index >= 15 is 0 Å². The van der Waals surface area contributed by atoms with Crippen molar-refractivity contribution in [3.05, 3.63) is 52.7 Å². The van der Waals surface area contributed by atoms with Crippen LogP contribution >= 0.6 is 0 Å². The highest BCUT2D eigenvalue weighted by Gasteiger charge is 2.46. The molecule has 0 aliphatic rings. The molecule has 33 heavy (non-hydrogen) atoms. The zero-order chi connectivity index (χ0) is 26.1. The van der Waals surface area contributed by atoms with E-state index in [1.807, 2.05) is 6.07 Å². The van der Waals surface area contributed by atoms with Crippen LogP contribution in [0.3, 0.4) is 0 Å². The van der Waals surface area contributed by atoms with Crippen LogP contribution in [0, 0.1) is 0 Å². The molecule has 8 nitrogen and oxygen atoms in total. The van der Waals surface area contributed by atoms with Crippen molar-refractivity contribution in [2.75, 3.05) is 27.2 Å². The van der Waals surface area contributed by atoms with Crippen LogP contribution in [0.15, 0.2) is 43.0 Å². The van der Waals surface area contributed by atoms with E-state index in [1.165, 1.54) is 11.6 Å². The maximum atomic E-state index is 11.4. The third-order valence-electron chi connectivity index (χ3n) is 3.55. The Balaban J connectivity index is 0.000000633. The lowest BCUT2D eigenvalue weighted by Crippen LogP contribution is -2.40. The lowest BCUT2D eigenvalue weighted by Gasteiger charge is -2.29. The van der Waals surface area contributed by atoms with E-state index in [0.717, 1.165) is 28.1 Å². The summed E-state index contributed by atoms with van der Waals surface area (Å²) in [4.78, 5) is 10.9. The number of esters is 1. The normalized spacial score (nSPS) is 13.0. The Morgan fingerprint density at radius 2 is 1.45 bits per heavy atom. The van der Waals surface area contributed by atoms with E-state index in [4.69, 9.17) is 4.74 Å². The van der Waals surface area contributed by atoms with Gasteiger partial charge in [0.05, 0.1) is 27.2 Å². The minimum Gasteiger partial charge on any atom is -0.462 e. The Bertz CT molecular complexity index is 949. The van der Waals surface area contributed by atoms with Gasteiger partial charge in [0, 0.05) is 18.1 Å². The summed E-state index contributed by atoms with van der Waals surface area (Å²) >= 11 is 0. The van der Waals surface area contributed by atoms with Crippen molar-refractivity contribution in [3.63, 3.8) is 0 Å². The molecule has 0 aliphatic carbocycles. The van der Waals surface area contributed by atoms with Crippen LogP contribution < -0.4 is 0 Å². The first kappa shape index (κ1) is 30.8. The second-order valence-electron chi connectivity index (χ2n) is 6.94. The van der Waals surface area contributed by atoms with Gasteiger partial charge in [-0.05, 0) is 0 Å². The smallest absolute Gasteiger partial charge is 0.462 e. The van der Waals surface area contributed by atoms with Crippen LogP contribution in [0.4, 0.5) is 26.3 Å². The Hall–Kier alpha value is -2.17. The van der Waals surface area contributed by atoms with Crippen molar-refractivity contribution in [1.29, 1.82) is 0 Å². The molecule has 0 spiro atoms. The molecular weight excluding hydrogens is 506 g/mol. The molecule has 0 aliphatic heterocycles. The molecule has 0 unspecified atom stereocenters. The lowest BCUT2D eigenvalue weighted by molar-refractivity contribution is -0.903. The van der Waals surface area contributed by atoms with Gasteiger partial charge in [-0.1, -0.05) is 36.9 Å². The fraction of sp³-hybridized carbons (Fsp3) is 0.471. The van der Waals surface area contributed by atoms with Crippen LogP contribution in [0.5, 0.6) is 0 Å². The molecule has 1 rings (SSSR count). The summed E-state index contributed by atoms with van der Waals surface area (Å²) in [5, 5.41) is 0. The molecule has 0 radical (unpaired) electrons. The molecule has 0 amide bonds. The van der Waals surface area contributed by atoms with Crippen molar-refractivity contribution in [1.82, 2.24) is 0 Å². The molecule has 16 heteroatoms. The second kappa shape index (κ2) is 11.8. The van der Waals surface area contributed by atoms with Crippen molar-refractivity contribution >= 4 is 26.0 Å². The standard InChI is InChI=1S/C15H22NO2.C2F6NO4S2/c1-4-15(17)18-12-8-11-16(2,3)13-14-9-6-5-7-10-14;3-1(4,5)14(10,11)9-15(12,13)2(6,7)8/h4-7,9-10H,1,8,11-13H2,2-3H3;/q+1;-1. The van der Waals surface area contributed by atoms with Gasteiger partial charge in [0.25, 0.3) is 0 Å². The number of quaternary nitrogens is 1. The molecule has 1 aromatic rings. The Morgan fingerprint density at radius 1 is 1.00 bits per heavy atom. The molecule has 190 valence electrons. The highest BCUT2D eigenvalue weighted by molar-refractivity contribution is 8.13. The number of carbonyl (C=O) groups excluding carboxylic acids is 1. The number of benzene rings is 1. The molecular formula is C17H22F6N2O6S2. The first-order valence-electron chi connectivity index (χ1n) is 8.76. The third-order valence-corrected chi connectivity index (χ3v) is 6.29. The summed E-state index contributed by atoms with van der Waals surface area (Å²) in [6.45, 7) is 5.78. The number of rotatable bonds is 9. The molecule has 0 bridgehead atoms. The average molecular weight is 528 g/mol. The van der Waals surface area contributed by atoms with E-state index in [2.05, 4.69) is 44.9 Å². The largest absolute Gasteiger partial charge is 0.480 e. The molecule has 0 atom stereocenters. The number of hydrogen-bond acceptors (Lipinski definition) is 6. The summed E-state index contributed by atoms with van der Waals surface area (Å²) in [6, 6.07) is 10.4. The first-order chi connectivity index (χ1) is 14.7. The van der Waals surface area contributed by atoms with Gasteiger partial charge >= 0.3 is 17.0 Å². The monoisotopic (exact) mass is 528 g/mol. The van der Waals surface area contributed by atoms with Crippen LogP contribution in [0.25, 0.3) is 4.13 Å². The highest BCUT2D eigenvalue weighted by Crippen LogP contribution is 2.36. The van der Waals surface area contributed by atoms with E-state index in [-0.39, 0.29) is 5.97 Å². The second-order valence-corrected chi connectivity index (χ2v) is 10.4. The minimum absolute atomic E-state index is 0.344. The molecule has 0 heterocycles. The summed E-state index contributed by atoms with van der Waals surface area (Å²) in [7, 11) is -9.08. The fourth-order valence-corrected chi connectivity index (χ4v) is 3.80. The maximum Gasteiger partial charge on any atom is 0.480 e. The molecule has 1 aromatic carbocycles. The van der Waals surface area contributed by atoms with E-state index in [9.17, 15) is 48.0 Å². The number of hydrogen-bond donors (Lipinski definition) is 0. The van der Waals surface area contributed by atoms with Crippen LogP contribution in [0.1, 0.15) is 12.0 Å². The van der Waals surface area contributed by atoms with Gasteiger partial charge in [-0.3, -0.25) is 0 Å². The van der Waals surface area contributed by atoms with E-state index in [1.54, 1.807) is 0 Å². The average Bonchev–Trinajstić information content (AvgIpc) is 2.63. The molecule has 0 N–H and O–H groups in total. The molecule has 0 saturated heterocycles. The van der Waals surface area contributed by atoms with Crippen LogP contribution in [0.2, 0.25) is 0 Å². The molecule has 0 aromatic heterocycles. The van der Waals surface area contributed by atoms with Crippen LogP contribution in [-0.2, 0) is 36.1 Å². The number of nitrogens with zero attached hydrogens (tertiary/aromatic N) is 2. The van der Waals surface area contributed by atoms with Gasteiger partial charge < -0.3 is 13.3 Å². The van der Waals surface area contributed by atoms with Gasteiger partial charge in [-0.15, -0.1) is 0 Å². The maximum absolute atomic E-state index is 11.4. The number of halogens is 6. The number of alkyl halides is 6. The predicted octanol–water partition coefficient (Wildman–Crippen LogP) is 3.44. The fourth-order valence-electron chi connectivity index (χ4n) is 2.09. The SMILES string of the molecule is C=CC(=O)OCCC[N+](C)(C)Cc1ccccc1.O=S(=O)([N-]S(=O)(=O)C(F)(F)F)C(F)(F)F. The molecule has 0 saturated carbocycles. The predicted molar refractivity (Wildman–Crippen MR) is 106 cm³/mol.